The summed E-state index contributed by atoms with van der Waals surface area (Å²) in [4.78, 5) is 15.3. The summed E-state index contributed by atoms with van der Waals surface area (Å²) in [6.07, 6.45) is 1.59. The first-order valence-electron chi connectivity index (χ1n) is 6.54. The molecule has 0 fully saturated rings. The van der Waals surface area contributed by atoms with Crippen LogP contribution in [-0.2, 0) is 0 Å². The van der Waals surface area contributed by atoms with Gasteiger partial charge in [0.15, 0.2) is 5.82 Å². The van der Waals surface area contributed by atoms with Crippen LogP contribution in [0.25, 0.3) is 5.65 Å². The summed E-state index contributed by atoms with van der Waals surface area (Å²) in [5.74, 6) is -0.507. The lowest BCUT2D eigenvalue weighted by Crippen LogP contribution is -1.97. The van der Waals surface area contributed by atoms with Gasteiger partial charge in [-0.1, -0.05) is 23.2 Å². The van der Waals surface area contributed by atoms with Crippen molar-refractivity contribution in [1.29, 1.82) is 0 Å². The monoisotopic (exact) mass is 348 g/mol. The fraction of sp³-hybridized carbons (Fsp3) is 0.0667. The number of hydrogen-bond donors (Lipinski definition) is 1. The van der Waals surface area contributed by atoms with Crippen molar-refractivity contribution in [2.75, 3.05) is 0 Å². The van der Waals surface area contributed by atoms with Crippen molar-refractivity contribution in [1.82, 2.24) is 9.38 Å². The van der Waals surface area contributed by atoms with Gasteiger partial charge in [0.05, 0.1) is 16.3 Å². The standard InChI is InChI=1S/C15H10Cl2N4O2/c1-8-14(20-19-12-3-2-10(16)7-11(12)17)21-5-4-9(15(22)23)6-13(21)18-8/h2-7H,1H3,(H,22,23). The highest BCUT2D eigenvalue weighted by molar-refractivity contribution is 6.36. The van der Waals surface area contributed by atoms with Gasteiger partial charge in [0, 0.05) is 11.2 Å². The number of halogens is 2. The van der Waals surface area contributed by atoms with Gasteiger partial charge >= 0.3 is 5.97 Å². The maximum Gasteiger partial charge on any atom is 0.335 e. The van der Waals surface area contributed by atoms with Crippen molar-refractivity contribution in [2.24, 2.45) is 10.2 Å². The fourth-order valence-electron chi connectivity index (χ4n) is 2.07. The van der Waals surface area contributed by atoms with Crippen LogP contribution >= 0.6 is 23.2 Å². The second-order valence-corrected chi connectivity index (χ2v) is 5.61. The molecule has 0 spiro atoms. The SMILES string of the molecule is Cc1nc2cc(C(=O)O)ccn2c1N=Nc1ccc(Cl)cc1Cl. The zero-order valence-corrected chi connectivity index (χ0v) is 13.4. The maximum absolute atomic E-state index is 11.0. The molecule has 0 aliphatic rings. The van der Waals surface area contributed by atoms with Crippen molar-refractivity contribution in [3.05, 3.63) is 57.8 Å². The highest BCUT2D eigenvalue weighted by atomic mass is 35.5. The number of aromatic nitrogens is 2. The van der Waals surface area contributed by atoms with E-state index in [9.17, 15) is 4.79 Å². The van der Waals surface area contributed by atoms with Crippen molar-refractivity contribution >= 4 is 46.3 Å². The van der Waals surface area contributed by atoms with E-state index in [2.05, 4.69) is 15.2 Å². The Bertz CT molecular complexity index is 950. The Morgan fingerprint density at radius 1 is 1.22 bits per heavy atom. The van der Waals surface area contributed by atoms with Crippen molar-refractivity contribution in [2.45, 2.75) is 6.92 Å². The van der Waals surface area contributed by atoms with Gasteiger partial charge in [-0.05, 0) is 37.3 Å². The van der Waals surface area contributed by atoms with E-state index >= 15 is 0 Å². The largest absolute Gasteiger partial charge is 0.478 e. The summed E-state index contributed by atoms with van der Waals surface area (Å²) in [6.45, 7) is 1.77. The lowest BCUT2D eigenvalue weighted by atomic mass is 10.3. The molecule has 0 amide bonds. The van der Waals surface area contributed by atoms with E-state index in [0.717, 1.165) is 0 Å². The van der Waals surface area contributed by atoms with E-state index in [1.165, 1.54) is 12.1 Å². The molecular weight excluding hydrogens is 339 g/mol. The molecule has 0 saturated heterocycles. The predicted octanol–water partition coefficient (Wildman–Crippen LogP) is 5.06. The van der Waals surface area contributed by atoms with Gasteiger partial charge in [0.2, 0.25) is 0 Å². The van der Waals surface area contributed by atoms with E-state index in [0.29, 0.717) is 32.9 Å². The van der Waals surface area contributed by atoms with Crippen LogP contribution in [-0.4, -0.2) is 20.5 Å². The molecule has 0 atom stereocenters. The summed E-state index contributed by atoms with van der Waals surface area (Å²) in [6, 6.07) is 7.86. The fourth-order valence-corrected chi connectivity index (χ4v) is 2.51. The van der Waals surface area contributed by atoms with Gasteiger partial charge in [0.1, 0.15) is 11.3 Å². The Labute approximate surface area is 141 Å². The number of carboxylic acid groups (broad SMARTS) is 1. The van der Waals surface area contributed by atoms with E-state index in [1.807, 2.05) is 0 Å². The molecule has 1 aromatic carbocycles. The van der Waals surface area contributed by atoms with E-state index in [1.54, 1.807) is 35.7 Å². The average molecular weight is 349 g/mol. The number of nitrogens with zero attached hydrogens (tertiary/aromatic N) is 4. The number of azo groups is 1. The third-order valence-electron chi connectivity index (χ3n) is 3.18. The molecule has 3 aromatic rings. The second-order valence-electron chi connectivity index (χ2n) is 4.77. The number of rotatable bonds is 3. The van der Waals surface area contributed by atoms with Crippen LogP contribution in [0.1, 0.15) is 16.1 Å². The molecule has 8 heteroatoms. The van der Waals surface area contributed by atoms with E-state index < -0.39 is 5.97 Å². The summed E-state index contributed by atoms with van der Waals surface area (Å²) in [5, 5.41) is 18.2. The molecule has 6 nitrogen and oxygen atoms in total. The minimum absolute atomic E-state index is 0.159. The third kappa shape index (κ3) is 3.04. The summed E-state index contributed by atoms with van der Waals surface area (Å²) in [7, 11) is 0. The predicted molar refractivity (Wildman–Crippen MR) is 87.5 cm³/mol. The van der Waals surface area contributed by atoms with E-state index in [-0.39, 0.29) is 5.56 Å². The Hall–Kier alpha value is -2.44. The number of carbonyl (C=O) groups is 1. The number of imidazole rings is 1. The molecule has 3 rings (SSSR count). The highest BCUT2D eigenvalue weighted by Crippen LogP contribution is 2.30. The van der Waals surface area contributed by atoms with Crippen molar-refractivity contribution < 1.29 is 9.90 Å². The Kier molecular flexibility index (Phi) is 4.02. The van der Waals surface area contributed by atoms with Crippen LogP contribution in [0, 0.1) is 6.92 Å². The van der Waals surface area contributed by atoms with Gasteiger partial charge in [-0.2, -0.15) is 0 Å². The second kappa shape index (κ2) is 5.98. The molecular formula is C15H10Cl2N4O2. The van der Waals surface area contributed by atoms with Crippen LogP contribution in [0.2, 0.25) is 10.0 Å². The van der Waals surface area contributed by atoms with Gasteiger partial charge in [-0.25, -0.2) is 9.78 Å². The molecule has 0 unspecified atom stereocenters. The molecule has 0 saturated carbocycles. The van der Waals surface area contributed by atoms with Crippen LogP contribution in [0.4, 0.5) is 11.5 Å². The first kappa shape index (κ1) is 15.5. The van der Waals surface area contributed by atoms with Gasteiger partial charge in [-0.15, -0.1) is 10.2 Å². The van der Waals surface area contributed by atoms with Crippen LogP contribution < -0.4 is 0 Å². The molecule has 0 aliphatic heterocycles. The summed E-state index contributed by atoms with van der Waals surface area (Å²) in [5.41, 5.74) is 1.75. The summed E-state index contributed by atoms with van der Waals surface area (Å²) < 4.78 is 1.66. The number of aryl methyl sites for hydroxylation is 1. The van der Waals surface area contributed by atoms with Gasteiger partial charge < -0.3 is 5.11 Å². The number of pyridine rings is 1. The normalized spacial score (nSPS) is 11.4. The Balaban J connectivity index is 2.04. The zero-order chi connectivity index (χ0) is 16.6. The molecule has 2 aromatic heterocycles. The first-order valence-corrected chi connectivity index (χ1v) is 7.30. The zero-order valence-electron chi connectivity index (χ0n) is 11.9. The van der Waals surface area contributed by atoms with Crippen molar-refractivity contribution in [3.8, 4) is 0 Å². The van der Waals surface area contributed by atoms with Gasteiger partial charge in [0.25, 0.3) is 0 Å². The lowest BCUT2D eigenvalue weighted by molar-refractivity contribution is 0.0697. The van der Waals surface area contributed by atoms with Crippen LogP contribution in [0.5, 0.6) is 0 Å². The smallest absolute Gasteiger partial charge is 0.335 e. The van der Waals surface area contributed by atoms with Crippen molar-refractivity contribution in [3.63, 3.8) is 0 Å². The molecule has 116 valence electrons. The van der Waals surface area contributed by atoms with Crippen LogP contribution in [0.3, 0.4) is 0 Å². The summed E-state index contributed by atoms with van der Waals surface area (Å²) >= 11 is 11.9. The lowest BCUT2D eigenvalue weighted by Gasteiger charge is -1.99. The number of carboxylic acids is 1. The van der Waals surface area contributed by atoms with Gasteiger partial charge in [-0.3, -0.25) is 4.40 Å². The average Bonchev–Trinajstić information content (AvgIpc) is 2.81. The molecule has 2 heterocycles. The third-order valence-corrected chi connectivity index (χ3v) is 3.72. The first-order chi connectivity index (χ1) is 11.0. The van der Waals surface area contributed by atoms with E-state index in [4.69, 9.17) is 28.3 Å². The van der Waals surface area contributed by atoms with Crippen LogP contribution in [0.15, 0.2) is 46.8 Å². The Morgan fingerprint density at radius 2 is 2.00 bits per heavy atom. The Morgan fingerprint density at radius 3 is 2.70 bits per heavy atom. The minimum Gasteiger partial charge on any atom is -0.478 e. The number of hydrogen-bond acceptors (Lipinski definition) is 4. The molecule has 0 radical (unpaired) electrons. The maximum atomic E-state index is 11.0. The molecule has 23 heavy (non-hydrogen) atoms. The molecule has 0 bridgehead atoms. The number of fused-ring (bicyclic) bond motifs is 1. The topological polar surface area (TPSA) is 79.3 Å². The number of benzene rings is 1. The molecule has 0 aliphatic carbocycles. The molecule has 1 N–H and O–H groups in total. The minimum atomic E-state index is -1.01. The quantitative estimate of drug-likeness (QED) is 0.671. The highest BCUT2D eigenvalue weighted by Gasteiger charge is 2.11. The number of aromatic carboxylic acids is 1.